The number of carbonyl (C=O) groups is 1. The van der Waals surface area contributed by atoms with E-state index in [0.717, 1.165) is 22.4 Å². The number of methoxy groups -OCH3 is 1. The van der Waals surface area contributed by atoms with Gasteiger partial charge in [-0.15, -0.1) is 0 Å². The van der Waals surface area contributed by atoms with Gasteiger partial charge in [0.15, 0.2) is 0 Å². The van der Waals surface area contributed by atoms with Gasteiger partial charge >= 0.3 is 5.97 Å². The number of pyridine rings is 1. The predicted molar refractivity (Wildman–Crippen MR) is 114 cm³/mol. The van der Waals surface area contributed by atoms with Crippen molar-refractivity contribution in [1.82, 2.24) is 4.98 Å². The molecule has 2 heterocycles. The van der Waals surface area contributed by atoms with Gasteiger partial charge in [-0.2, -0.15) is 4.98 Å². The van der Waals surface area contributed by atoms with E-state index in [9.17, 15) is 9.90 Å². The summed E-state index contributed by atoms with van der Waals surface area (Å²) >= 11 is 0. The van der Waals surface area contributed by atoms with Crippen LogP contribution in [0.15, 0.2) is 60.7 Å². The van der Waals surface area contributed by atoms with Crippen molar-refractivity contribution in [1.29, 1.82) is 0 Å². The summed E-state index contributed by atoms with van der Waals surface area (Å²) < 4.78 is 11.2. The highest BCUT2D eigenvalue weighted by Crippen LogP contribution is 2.51. The molecule has 4 rings (SSSR count). The Balaban J connectivity index is 1.64. The van der Waals surface area contributed by atoms with E-state index < -0.39 is 11.4 Å². The monoisotopic (exact) mass is 404 g/mol. The van der Waals surface area contributed by atoms with Crippen LogP contribution in [-0.2, 0) is 11.3 Å². The van der Waals surface area contributed by atoms with Crippen LogP contribution in [0.25, 0.3) is 0 Å². The van der Waals surface area contributed by atoms with E-state index in [2.05, 4.69) is 10.3 Å². The third-order valence-corrected chi connectivity index (χ3v) is 5.54. The van der Waals surface area contributed by atoms with Crippen molar-refractivity contribution in [2.45, 2.75) is 26.3 Å². The van der Waals surface area contributed by atoms with Gasteiger partial charge in [-0.05, 0) is 49.7 Å². The van der Waals surface area contributed by atoms with Crippen molar-refractivity contribution in [3.8, 4) is 17.4 Å². The molecule has 0 aliphatic carbocycles. The molecule has 1 aliphatic heterocycles. The number of aliphatic carboxylic acids is 1. The smallest absolute Gasteiger partial charge is 0.310 e. The Labute approximate surface area is 175 Å². The molecule has 2 aromatic carbocycles. The molecule has 0 spiro atoms. The van der Waals surface area contributed by atoms with Crippen LogP contribution < -0.4 is 14.8 Å². The average molecular weight is 404 g/mol. The fraction of sp³-hybridized carbons (Fsp3) is 0.250. The number of nitrogens with one attached hydrogen (secondary N) is 1. The summed E-state index contributed by atoms with van der Waals surface area (Å²) in [5.74, 6) is 1.33. The Morgan fingerprint density at radius 1 is 1.10 bits per heavy atom. The number of ether oxygens (including phenoxy) is 2. The Kier molecular flexibility index (Phi) is 5.08. The lowest BCUT2D eigenvalue weighted by Gasteiger charge is -2.36. The maximum atomic E-state index is 12.0. The maximum Gasteiger partial charge on any atom is 0.310 e. The largest absolute Gasteiger partial charge is 0.497 e. The van der Waals surface area contributed by atoms with E-state index in [4.69, 9.17) is 9.47 Å². The Bertz CT molecular complexity index is 1080. The van der Waals surface area contributed by atoms with Gasteiger partial charge in [-0.1, -0.05) is 30.3 Å². The van der Waals surface area contributed by atoms with Crippen LogP contribution in [0.2, 0.25) is 0 Å². The summed E-state index contributed by atoms with van der Waals surface area (Å²) in [4.78, 5) is 16.7. The molecule has 0 radical (unpaired) electrons. The first-order valence-corrected chi connectivity index (χ1v) is 9.78. The summed E-state index contributed by atoms with van der Waals surface area (Å²) in [6.45, 7) is 4.07. The number of carboxylic acid groups (broad SMARTS) is 1. The van der Waals surface area contributed by atoms with E-state index >= 15 is 0 Å². The molecule has 154 valence electrons. The minimum atomic E-state index is -1.02. The highest BCUT2D eigenvalue weighted by atomic mass is 16.5. The third-order valence-electron chi connectivity index (χ3n) is 5.54. The molecular weight excluding hydrogens is 380 g/mol. The molecule has 6 nitrogen and oxygen atoms in total. The van der Waals surface area contributed by atoms with Gasteiger partial charge in [0.2, 0.25) is 5.88 Å². The minimum absolute atomic E-state index is 0.363. The summed E-state index contributed by atoms with van der Waals surface area (Å²) in [5.41, 5.74) is 1.70. The summed E-state index contributed by atoms with van der Waals surface area (Å²) in [5, 5.41) is 13.2. The molecular formula is C24H24N2O4. The van der Waals surface area contributed by atoms with Crippen LogP contribution in [-0.4, -0.2) is 23.2 Å². The zero-order valence-corrected chi connectivity index (χ0v) is 17.2. The lowest BCUT2D eigenvalue weighted by molar-refractivity contribution is -0.147. The number of carboxylic acids is 1. The Morgan fingerprint density at radius 3 is 2.53 bits per heavy atom. The standard InChI is InChI=1S/C24H24N2O4/c1-24(2,23(27)28)21-17-6-4-5-7-19(17)30-22-18(21)12-13-20(26-22)25-14-15-8-10-16(29-3)11-9-15/h4-13,21H,14H2,1-3H3,(H,25,26)(H,27,28)/t21-/m1/s1. The molecule has 1 aliphatic rings. The topological polar surface area (TPSA) is 80.7 Å². The van der Waals surface area contributed by atoms with Crippen molar-refractivity contribution >= 4 is 11.8 Å². The van der Waals surface area contributed by atoms with Crippen molar-refractivity contribution < 1.29 is 19.4 Å². The van der Waals surface area contributed by atoms with Crippen molar-refractivity contribution in [2.24, 2.45) is 5.41 Å². The number of rotatable bonds is 6. The molecule has 0 saturated carbocycles. The first-order valence-electron chi connectivity index (χ1n) is 9.78. The molecule has 0 fully saturated rings. The molecule has 1 aromatic heterocycles. The summed E-state index contributed by atoms with van der Waals surface area (Å²) in [6, 6.07) is 19.1. The first kappa shape index (κ1) is 19.8. The van der Waals surface area contributed by atoms with Crippen LogP contribution in [0.3, 0.4) is 0 Å². The van der Waals surface area contributed by atoms with E-state index in [0.29, 0.717) is 24.0 Å². The first-order chi connectivity index (χ1) is 14.4. The normalized spacial score (nSPS) is 14.8. The molecule has 0 bridgehead atoms. The zero-order valence-electron chi connectivity index (χ0n) is 17.2. The number of aromatic nitrogens is 1. The van der Waals surface area contributed by atoms with E-state index in [1.54, 1.807) is 21.0 Å². The second-order valence-corrected chi connectivity index (χ2v) is 7.89. The van der Waals surface area contributed by atoms with Gasteiger partial charge in [0, 0.05) is 23.6 Å². The molecule has 2 N–H and O–H groups in total. The van der Waals surface area contributed by atoms with Gasteiger partial charge in [0.05, 0.1) is 12.5 Å². The van der Waals surface area contributed by atoms with Crippen LogP contribution >= 0.6 is 0 Å². The zero-order chi connectivity index (χ0) is 21.3. The van der Waals surface area contributed by atoms with E-state index in [1.807, 2.05) is 60.7 Å². The van der Waals surface area contributed by atoms with Crippen molar-refractivity contribution in [3.05, 3.63) is 77.4 Å². The molecule has 30 heavy (non-hydrogen) atoms. The van der Waals surface area contributed by atoms with Gasteiger partial charge in [0.25, 0.3) is 0 Å². The molecule has 0 saturated heterocycles. The molecule has 6 heteroatoms. The molecule has 3 aromatic rings. The lowest BCUT2D eigenvalue weighted by Crippen LogP contribution is -2.33. The SMILES string of the molecule is COc1ccc(CNc2ccc3c(n2)Oc2ccccc2[C@H]3C(C)(C)C(=O)O)cc1. The number of hydrogen-bond acceptors (Lipinski definition) is 5. The average Bonchev–Trinajstić information content (AvgIpc) is 2.75. The van der Waals surface area contributed by atoms with Crippen LogP contribution in [0.4, 0.5) is 5.82 Å². The number of para-hydroxylation sites is 1. The highest BCUT2D eigenvalue weighted by molar-refractivity contribution is 5.77. The van der Waals surface area contributed by atoms with Crippen molar-refractivity contribution in [2.75, 3.05) is 12.4 Å². The number of benzene rings is 2. The predicted octanol–water partition coefficient (Wildman–Crippen LogP) is 5.05. The van der Waals surface area contributed by atoms with Crippen LogP contribution in [0.5, 0.6) is 17.4 Å². The third kappa shape index (κ3) is 3.56. The van der Waals surface area contributed by atoms with Crippen LogP contribution in [0.1, 0.15) is 36.5 Å². The quantitative estimate of drug-likeness (QED) is 0.598. The molecule has 1 atom stereocenters. The number of fused-ring (bicyclic) bond motifs is 2. The maximum absolute atomic E-state index is 12.0. The lowest BCUT2D eigenvalue weighted by atomic mass is 9.70. The highest BCUT2D eigenvalue weighted by Gasteiger charge is 2.44. The van der Waals surface area contributed by atoms with Gasteiger partial charge < -0.3 is 19.9 Å². The fourth-order valence-electron chi connectivity index (χ4n) is 3.77. The second kappa shape index (κ2) is 7.71. The van der Waals surface area contributed by atoms with E-state index in [-0.39, 0.29) is 5.92 Å². The van der Waals surface area contributed by atoms with Crippen molar-refractivity contribution in [3.63, 3.8) is 0 Å². The Morgan fingerprint density at radius 2 is 1.83 bits per heavy atom. The number of nitrogens with zero attached hydrogens (tertiary/aromatic N) is 1. The Hall–Kier alpha value is -3.54. The molecule has 0 amide bonds. The second-order valence-electron chi connectivity index (χ2n) is 7.89. The number of anilines is 1. The molecule has 0 unspecified atom stereocenters. The van der Waals surface area contributed by atoms with E-state index in [1.165, 1.54) is 0 Å². The van der Waals surface area contributed by atoms with Gasteiger partial charge in [-0.3, -0.25) is 4.79 Å². The minimum Gasteiger partial charge on any atom is -0.497 e. The van der Waals surface area contributed by atoms with Crippen LogP contribution in [0, 0.1) is 5.41 Å². The van der Waals surface area contributed by atoms with Gasteiger partial charge in [0.1, 0.15) is 17.3 Å². The van der Waals surface area contributed by atoms with Gasteiger partial charge in [-0.25, -0.2) is 0 Å². The number of hydrogen-bond donors (Lipinski definition) is 2. The fourth-order valence-corrected chi connectivity index (χ4v) is 3.77. The summed E-state index contributed by atoms with van der Waals surface area (Å²) in [6.07, 6.45) is 0. The summed E-state index contributed by atoms with van der Waals surface area (Å²) in [7, 11) is 1.64.